The van der Waals surface area contributed by atoms with E-state index in [-0.39, 0.29) is 5.91 Å². The third-order valence-electron chi connectivity index (χ3n) is 2.72. The van der Waals surface area contributed by atoms with Gasteiger partial charge in [-0.2, -0.15) is 11.8 Å². The van der Waals surface area contributed by atoms with Crippen molar-refractivity contribution in [3.8, 4) is 0 Å². The van der Waals surface area contributed by atoms with Gasteiger partial charge in [0.2, 0.25) is 5.91 Å². The van der Waals surface area contributed by atoms with E-state index in [1.165, 1.54) is 5.56 Å². The molecular formula is C12H16N2OS2. The Morgan fingerprint density at radius 1 is 1.59 bits per heavy atom. The Balaban J connectivity index is 2.25. The first-order valence-corrected chi connectivity index (χ1v) is 7.85. The molecule has 1 heterocycles. The van der Waals surface area contributed by atoms with Crippen LogP contribution in [0.2, 0.25) is 0 Å². The van der Waals surface area contributed by atoms with Crippen molar-refractivity contribution in [2.45, 2.75) is 10.9 Å². The fourth-order valence-electron chi connectivity index (χ4n) is 1.83. The highest BCUT2D eigenvalue weighted by Gasteiger charge is 2.17. The summed E-state index contributed by atoms with van der Waals surface area (Å²) in [5.41, 5.74) is 2.17. The molecule has 2 rings (SSSR count). The Bertz CT molecular complexity index is 423. The lowest BCUT2D eigenvalue weighted by Crippen LogP contribution is -2.21. The predicted molar refractivity (Wildman–Crippen MR) is 76.0 cm³/mol. The molecule has 17 heavy (non-hydrogen) atoms. The number of thioether (sulfide) groups is 2. The first-order valence-electron chi connectivity index (χ1n) is 5.47. The SMILES string of the molecule is CNC(CSC)c1ccc2c(c1)NC(=O)CS2. The molecule has 0 aromatic heterocycles. The molecule has 92 valence electrons. The highest BCUT2D eigenvalue weighted by Crippen LogP contribution is 2.33. The van der Waals surface area contributed by atoms with E-state index in [4.69, 9.17) is 0 Å². The monoisotopic (exact) mass is 268 g/mol. The van der Waals surface area contributed by atoms with Crippen LogP contribution in [0.25, 0.3) is 0 Å². The maximum Gasteiger partial charge on any atom is 0.234 e. The Morgan fingerprint density at radius 3 is 3.12 bits per heavy atom. The normalized spacial score (nSPS) is 16.2. The van der Waals surface area contributed by atoms with Crippen molar-refractivity contribution in [1.82, 2.24) is 5.32 Å². The molecular weight excluding hydrogens is 252 g/mol. The summed E-state index contributed by atoms with van der Waals surface area (Å²) >= 11 is 3.41. The number of hydrogen-bond acceptors (Lipinski definition) is 4. The molecule has 0 aliphatic carbocycles. The first-order chi connectivity index (χ1) is 8.24. The van der Waals surface area contributed by atoms with Crippen LogP contribution in [0.3, 0.4) is 0 Å². The van der Waals surface area contributed by atoms with Crippen LogP contribution in [0.4, 0.5) is 5.69 Å². The molecule has 1 aromatic carbocycles. The predicted octanol–water partition coefficient (Wildman–Crippen LogP) is 2.35. The molecule has 0 saturated carbocycles. The van der Waals surface area contributed by atoms with Crippen LogP contribution in [0, 0.1) is 0 Å². The number of hydrogen-bond donors (Lipinski definition) is 2. The van der Waals surface area contributed by atoms with Crippen LogP contribution >= 0.6 is 23.5 Å². The Hall–Kier alpha value is -0.650. The summed E-state index contributed by atoms with van der Waals surface area (Å²) in [4.78, 5) is 12.5. The molecule has 1 aliphatic rings. The van der Waals surface area contributed by atoms with Gasteiger partial charge in [0.05, 0.1) is 11.4 Å². The van der Waals surface area contributed by atoms with Crippen LogP contribution in [0.1, 0.15) is 11.6 Å². The Labute approximate surface area is 110 Å². The van der Waals surface area contributed by atoms with Crippen molar-refractivity contribution < 1.29 is 4.79 Å². The molecule has 3 nitrogen and oxygen atoms in total. The number of nitrogens with one attached hydrogen (secondary N) is 2. The molecule has 0 radical (unpaired) electrons. The topological polar surface area (TPSA) is 41.1 Å². The smallest absolute Gasteiger partial charge is 0.234 e. The van der Waals surface area contributed by atoms with Crippen LogP contribution < -0.4 is 10.6 Å². The van der Waals surface area contributed by atoms with E-state index in [1.807, 2.05) is 18.8 Å². The molecule has 5 heteroatoms. The summed E-state index contributed by atoms with van der Waals surface area (Å²) < 4.78 is 0. The Kier molecular flexibility index (Phi) is 4.36. The fourth-order valence-corrected chi connectivity index (χ4v) is 3.31. The van der Waals surface area contributed by atoms with E-state index < -0.39 is 0 Å². The molecule has 0 fully saturated rings. The van der Waals surface area contributed by atoms with Gasteiger partial charge in [-0.1, -0.05) is 6.07 Å². The van der Waals surface area contributed by atoms with Gasteiger partial charge in [0.1, 0.15) is 0 Å². The largest absolute Gasteiger partial charge is 0.324 e. The van der Waals surface area contributed by atoms with E-state index >= 15 is 0 Å². The number of benzene rings is 1. The van der Waals surface area contributed by atoms with Crippen molar-refractivity contribution in [2.24, 2.45) is 0 Å². The number of carbonyl (C=O) groups is 1. The highest BCUT2D eigenvalue weighted by atomic mass is 32.2. The van der Waals surface area contributed by atoms with Crippen molar-refractivity contribution in [3.05, 3.63) is 23.8 Å². The minimum absolute atomic E-state index is 0.0884. The van der Waals surface area contributed by atoms with Crippen molar-refractivity contribution >= 4 is 35.1 Å². The molecule has 1 atom stereocenters. The van der Waals surface area contributed by atoms with Gasteiger partial charge in [0, 0.05) is 16.7 Å². The van der Waals surface area contributed by atoms with Crippen molar-refractivity contribution in [1.29, 1.82) is 0 Å². The van der Waals surface area contributed by atoms with Crippen molar-refractivity contribution in [3.63, 3.8) is 0 Å². The molecule has 2 N–H and O–H groups in total. The zero-order valence-corrected chi connectivity index (χ0v) is 11.6. The number of rotatable bonds is 4. The van der Waals surface area contributed by atoms with E-state index in [0.29, 0.717) is 11.8 Å². The zero-order chi connectivity index (χ0) is 12.3. The molecule has 0 spiro atoms. The summed E-state index contributed by atoms with van der Waals surface area (Å²) in [6.07, 6.45) is 2.10. The number of anilines is 1. The second kappa shape index (κ2) is 5.80. The summed E-state index contributed by atoms with van der Waals surface area (Å²) in [6.45, 7) is 0. The Morgan fingerprint density at radius 2 is 2.41 bits per heavy atom. The average Bonchev–Trinajstić information content (AvgIpc) is 2.35. The average molecular weight is 268 g/mol. The first kappa shape index (κ1) is 12.8. The van der Waals surface area contributed by atoms with E-state index in [1.54, 1.807) is 11.8 Å². The van der Waals surface area contributed by atoms with Gasteiger partial charge in [-0.15, -0.1) is 11.8 Å². The molecule has 0 bridgehead atoms. The molecule has 1 unspecified atom stereocenters. The third-order valence-corrected chi connectivity index (χ3v) is 4.46. The van der Waals surface area contributed by atoms with Gasteiger partial charge in [0.15, 0.2) is 0 Å². The third kappa shape index (κ3) is 2.97. The minimum Gasteiger partial charge on any atom is -0.324 e. The van der Waals surface area contributed by atoms with E-state index in [0.717, 1.165) is 16.3 Å². The molecule has 1 aliphatic heterocycles. The lowest BCUT2D eigenvalue weighted by Gasteiger charge is -2.20. The van der Waals surface area contributed by atoms with Gasteiger partial charge in [-0.3, -0.25) is 4.79 Å². The molecule has 1 amide bonds. The molecule has 1 aromatic rings. The summed E-state index contributed by atoms with van der Waals surface area (Å²) in [7, 11) is 1.97. The van der Waals surface area contributed by atoms with E-state index in [9.17, 15) is 4.79 Å². The fraction of sp³-hybridized carbons (Fsp3) is 0.417. The van der Waals surface area contributed by atoms with Gasteiger partial charge >= 0.3 is 0 Å². The second-order valence-electron chi connectivity index (χ2n) is 3.89. The summed E-state index contributed by atoms with van der Waals surface area (Å²) in [5, 5.41) is 6.22. The number of carbonyl (C=O) groups excluding carboxylic acids is 1. The minimum atomic E-state index is 0.0884. The van der Waals surface area contributed by atoms with Gasteiger partial charge in [-0.25, -0.2) is 0 Å². The van der Waals surface area contributed by atoms with Crippen molar-refractivity contribution in [2.75, 3.05) is 30.1 Å². The maximum absolute atomic E-state index is 11.4. The standard InChI is InChI=1S/C12H16N2OS2/c1-13-10(6-16-2)8-3-4-11-9(5-8)14-12(15)7-17-11/h3-5,10,13H,6-7H2,1-2H3,(H,14,15). The van der Waals surface area contributed by atoms with Gasteiger partial charge in [-0.05, 0) is 31.0 Å². The highest BCUT2D eigenvalue weighted by molar-refractivity contribution is 8.00. The maximum atomic E-state index is 11.4. The zero-order valence-electron chi connectivity index (χ0n) is 9.95. The van der Waals surface area contributed by atoms with Crippen LogP contribution in [0.15, 0.2) is 23.1 Å². The molecule has 0 saturated heterocycles. The van der Waals surface area contributed by atoms with E-state index in [2.05, 4.69) is 35.1 Å². The number of fused-ring (bicyclic) bond motifs is 1. The van der Waals surface area contributed by atoms with Crippen LogP contribution in [-0.2, 0) is 4.79 Å². The summed E-state index contributed by atoms with van der Waals surface area (Å²) in [5.74, 6) is 1.63. The quantitative estimate of drug-likeness (QED) is 0.879. The van der Waals surface area contributed by atoms with Gasteiger partial charge < -0.3 is 10.6 Å². The number of amides is 1. The summed E-state index contributed by atoms with van der Waals surface area (Å²) in [6, 6.07) is 6.65. The van der Waals surface area contributed by atoms with Gasteiger partial charge in [0.25, 0.3) is 0 Å². The lowest BCUT2D eigenvalue weighted by atomic mass is 10.1. The second-order valence-corrected chi connectivity index (χ2v) is 5.82. The van der Waals surface area contributed by atoms with Crippen LogP contribution in [-0.4, -0.2) is 30.7 Å². The lowest BCUT2D eigenvalue weighted by molar-refractivity contribution is -0.113. The van der Waals surface area contributed by atoms with Crippen LogP contribution in [0.5, 0.6) is 0 Å².